The van der Waals surface area contributed by atoms with E-state index in [0.717, 1.165) is 31.7 Å². The van der Waals surface area contributed by atoms with Gasteiger partial charge in [0.05, 0.1) is 0 Å². The highest BCUT2D eigenvalue weighted by molar-refractivity contribution is 5.79. The summed E-state index contributed by atoms with van der Waals surface area (Å²) in [5, 5.41) is 3.36. The van der Waals surface area contributed by atoms with Gasteiger partial charge in [0.15, 0.2) is 0 Å². The topological polar surface area (TPSA) is 32.3 Å². The Kier molecular flexibility index (Phi) is 5.68. The summed E-state index contributed by atoms with van der Waals surface area (Å²) in [6, 6.07) is 0.427. The fourth-order valence-electron chi connectivity index (χ4n) is 3.63. The third kappa shape index (κ3) is 3.95. The Bertz CT molecular complexity index is 284. The molecule has 0 aromatic rings. The number of nitrogens with zero attached hydrogens (tertiary/aromatic N) is 1. The van der Waals surface area contributed by atoms with Gasteiger partial charge < -0.3 is 10.2 Å². The number of hydrogen-bond donors (Lipinski definition) is 1. The summed E-state index contributed by atoms with van der Waals surface area (Å²) in [5.41, 5.74) is 0. The van der Waals surface area contributed by atoms with Gasteiger partial charge in [0, 0.05) is 18.5 Å². The fraction of sp³-hybridized carbons (Fsp3) is 0.938. The Morgan fingerprint density at radius 1 is 1.21 bits per heavy atom. The lowest BCUT2D eigenvalue weighted by Crippen LogP contribution is -2.58. The van der Waals surface area contributed by atoms with Gasteiger partial charge in [0.25, 0.3) is 0 Å². The van der Waals surface area contributed by atoms with Crippen LogP contribution in [0.25, 0.3) is 0 Å². The number of fused-ring (bicyclic) bond motifs is 3. The molecule has 3 heterocycles. The highest BCUT2D eigenvalue weighted by Gasteiger charge is 2.35. The number of unbranched alkanes of at least 4 members (excludes halogenated alkanes) is 1. The number of carbonyl (C=O) groups is 1. The molecule has 0 aliphatic carbocycles. The Morgan fingerprint density at radius 3 is 2.47 bits per heavy atom. The van der Waals surface area contributed by atoms with Crippen LogP contribution in [0.5, 0.6) is 0 Å². The largest absolute Gasteiger partial charge is 0.352 e. The predicted molar refractivity (Wildman–Crippen MR) is 79.0 cm³/mol. The molecule has 0 aromatic carbocycles. The molecular weight excluding hydrogens is 236 g/mol. The predicted octanol–water partition coefficient (Wildman–Crippen LogP) is 2.80. The summed E-state index contributed by atoms with van der Waals surface area (Å²) in [5.74, 6) is 1.32. The fourth-order valence-corrected chi connectivity index (χ4v) is 3.63. The lowest BCUT2D eigenvalue weighted by molar-refractivity contribution is -0.127. The first-order valence-corrected chi connectivity index (χ1v) is 8.27. The number of nitrogens with one attached hydrogen (secondary N) is 1. The molecule has 3 saturated heterocycles. The van der Waals surface area contributed by atoms with Crippen molar-refractivity contribution in [1.82, 2.24) is 10.2 Å². The molecule has 1 amide bonds. The van der Waals surface area contributed by atoms with Gasteiger partial charge in [-0.25, -0.2) is 0 Å². The maximum atomic E-state index is 12.5. The van der Waals surface area contributed by atoms with E-state index in [1.807, 2.05) is 0 Å². The summed E-state index contributed by atoms with van der Waals surface area (Å²) in [7, 11) is 0. The third-order valence-electron chi connectivity index (χ3n) is 4.90. The Morgan fingerprint density at radius 2 is 1.95 bits per heavy atom. The van der Waals surface area contributed by atoms with E-state index in [2.05, 4.69) is 24.1 Å². The first kappa shape index (κ1) is 14.8. The average Bonchev–Trinajstić information content (AvgIpc) is 2.44. The van der Waals surface area contributed by atoms with Crippen molar-refractivity contribution in [2.24, 2.45) is 11.8 Å². The summed E-state index contributed by atoms with van der Waals surface area (Å²) in [6.07, 6.45) is 8.15. The van der Waals surface area contributed by atoms with Crippen molar-refractivity contribution in [2.75, 3.05) is 19.6 Å². The smallest absolute Gasteiger partial charge is 0.223 e. The summed E-state index contributed by atoms with van der Waals surface area (Å²) < 4.78 is 0. The van der Waals surface area contributed by atoms with Gasteiger partial charge in [-0.15, -0.1) is 0 Å². The minimum absolute atomic E-state index is 0.250. The van der Waals surface area contributed by atoms with Crippen molar-refractivity contribution in [3.63, 3.8) is 0 Å². The second kappa shape index (κ2) is 7.28. The lowest BCUT2D eigenvalue weighted by Gasteiger charge is -2.45. The van der Waals surface area contributed by atoms with Crippen LogP contribution in [0.1, 0.15) is 58.8 Å². The van der Waals surface area contributed by atoms with Crippen LogP contribution >= 0.6 is 0 Å². The molecule has 1 N–H and O–H groups in total. The molecule has 3 aliphatic rings. The van der Waals surface area contributed by atoms with Crippen molar-refractivity contribution in [3.8, 4) is 0 Å². The Hall–Kier alpha value is -0.570. The van der Waals surface area contributed by atoms with Gasteiger partial charge in [0.2, 0.25) is 5.91 Å². The van der Waals surface area contributed by atoms with Crippen LogP contribution in [-0.2, 0) is 4.79 Å². The quantitative estimate of drug-likeness (QED) is 0.768. The molecule has 3 fully saturated rings. The van der Waals surface area contributed by atoms with E-state index in [1.165, 1.54) is 38.8 Å². The van der Waals surface area contributed by atoms with Crippen LogP contribution in [0.15, 0.2) is 0 Å². The first-order chi connectivity index (χ1) is 9.24. The van der Waals surface area contributed by atoms with Crippen LogP contribution in [-0.4, -0.2) is 36.5 Å². The molecule has 0 aromatic heterocycles. The van der Waals surface area contributed by atoms with Gasteiger partial charge in [-0.1, -0.05) is 33.1 Å². The van der Waals surface area contributed by atoms with Gasteiger partial charge in [-0.2, -0.15) is 0 Å². The molecule has 2 unspecified atom stereocenters. The van der Waals surface area contributed by atoms with E-state index >= 15 is 0 Å². The van der Waals surface area contributed by atoms with Gasteiger partial charge in [-0.05, 0) is 44.7 Å². The van der Waals surface area contributed by atoms with E-state index in [4.69, 9.17) is 0 Å². The zero-order valence-corrected chi connectivity index (χ0v) is 12.7. The maximum absolute atomic E-state index is 12.5. The normalized spacial score (nSPS) is 31.2. The molecular formula is C16H30N2O. The molecule has 2 bridgehead atoms. The number of carbonyl (C=O) groups excluding carboxylic acids is 1. The van der Waals surface area contributed by atoms with Crippen LogP contribution in [0.3, 0.4) is 0 Å². The standard InChI is InChI=1S/C16H30N2O/c1-3-5-7-14(6-4-2)16(19)17-15-12-18-10-8-13(15)9-11-18/h13-15H,3-12H2,1-2H3,(H,17,19). The minimum Gasteiger partial charge on any atom is -0.352 e. The van der Waals surface area contributed by atoms with Crippen molar-refractivity contribution >= 4 is 5.91 Å². The van der Waals surface area contributed by atoms with Crippen LogP contribution in [0.4, 0.5) is 0 Å². The third-order valence-corrected chi connectivity index (χ3v) is 4.90. The Balaban J connectivity index is 1.84. The summed E-state index contributed by atoms with van der Waals surface area (Å²) >= 11 is 0. The second-order valence-corrected chi connectivity index (χ2v) is 6.38. The van der Waals surface area contributed by atoms with Crippen LogP contribution in [0.2, 0.25) is 0 Å². The number of rotatable bonds is 7. The molecule has 0 saturated carbocycles. The molecule has 3 rings (SSSR count). The van der Waals surface area contributed by atoms with Crippen LogP contribution in [0, 0.1) is 11.8 Å². The maximum Gasteiger partial charge on any atom is 0.223 e. The van der Waals surface area contributed by atoms with Gasteiger partial charge in [0.1, 0.15) is 0 Å². The van der Waals surface area contributed by atoms with Gasteiger partial charge >= 0.3 is 0 Å². The molecule has 110 valence electrons. The molecule has 3 nitrogen and oxygen atoms in total. The average molecular weight is 266 g/mol. The van der Waals surface area contributed by atoms with E-state index in [1.54, 1.807) is 0 Å². The number of piperidine rings is 3. The molecule has 2 atom stereocenters. The van der Waals surface area contributed by atoms with Crippen LogP contribution < -0.4 is 5.32 Å². The Labute approximate surface area is 118 Å². The molecule has 0 spiro atoms. The second-order valence-electron chi connectivity index (χ2n) is 6.38. The zero-order valence-electron chi connectivity index (χ0n) is 12.7. The number of amides is 1. The van der Waals surface area contributed by atoms with Gasteiger partial charge in [-0.3, -0.25) is 4.79 Å². The molecule has 0 radical (unpaired) electrons. The van der Waals surface area contributed by atoms with Crippen molar-refractivity contribution in [1.29, 1.82) is 0 Å². The highest BCUT2D eigenvalue weighted by Crippen LogP contribution is 2.28. The lowest BCUT2D eigenvalue weighted by atomic mass is 9.83. The highest BCUT2D eigenvalue weighted by atomic mass is 16.1. The SMILES string of the molecule is CCCCC(CCC)C(=O)NC1CN2CCC1CC2. The molecule has 3 aliphatic heterocycles. The molecule has 19 heavy (non-hydrogen) atoms. The minimum atomic E-state index is 0.250. The van der Waals surface area contributed by atoms with Crippen molar-refractivity contribution < 1.29 is 4.79 Å². The van der Waals surface area contributed by atoms with Crippen molar-refractivity contribution in [2.45, 2.75) is 64.8 Å². The van der Waals surface area contributed by atoms with E-state index < -0.39 is 0 Å². The molecule has 3 heteroatoms. The van der Waals surface area contributed by atoms with E-state index in [0.29, 0.717) is 11.9 Å². The van der Waals surface area contributed by atoms with Crippen molar-refractivity contribution in [3.05, 3.63) is 0 Å². The van der Waals surface area contributed by atoms with E-state index in [9.17, 15) is 4.79 Å². The number of hydrogen-bond acceptors (Lipinski definition) is 2. The van der Waals surface area contributed by atoms with E-state index in [-0.39, 0.29) is 5.92 Å². The summed E-state index contributed by atoms with van der Waals surface area (Å²) in [6.45, 7) is 7.95. The zero-order chi connectivity index (χ0) is 13.7. The first-order valence-electron chi connectivity index (χ1n) is 8.27. The monoisotopic (exact) mass is 266 g/mol. The summed E-state index contributed by atoms with van der Waals surface area (Å²) in [4.78, 5) is 15.0.